The fourth-order valence-corrected chi connectivity index (χ4v) is 4.62. The van der Waals surface area contributed by atoms with Crippen LogP contribution in [0, 0.1) is 0 Å². The number of pyridine rings is 1. The number of aromatic nitrogens is 3. The molecule has 2 aromatic heterocycles. The van der Waals surface area contributed by atoms with Gasteiger partial charge in [-0.05, 0) is 49.1 Å². The molecule has 0 unspecified atom stereocenters. The van der Waals surface area contributed by atoms with Gasteiger partial charge in [0.25, 0.3) is 0 Å². The van der Waals surface area contributed by atoms with Gasteiger partial charge in [0.05, 0.1) is 23.9 Å². The van der Waals surface area contributed by atoms with Crippen molar-refractivity contribution in [1.29, 1.82) is 0 Å². The number of anilines is 1. The van der Waals surface area contributed by atoms with E-state index in [0.29, 0.717) is 17.8 Å². The maximum Gasteiger partial charge on any atom is 0.341 e. The Morgan fingerprint density at radius 1 is 1.18 bits per heavy atom. The number of carbonyl (C=O) groups excluding carboxylic acids is 1. The molecule has 3 heterocycles. The number of nitrogens with one attached hydrogen (secondary N) is 1. The highest BCUT2D eigenvalue weighted by atomic mass is 16.5. The summed E-state index contributed by atoms with van der Waals surface area (Å²) in [4.78, 5) is 19.2. The van der Waals surface area contributed by atoms with Gasteiger partial charge in [-0.3, -0.25) is 5.10 Å². The van der Waals surface area contributed by atoms with E-state index < -0.39 is 0 Å². The third-order valence-electron chi connectivity index (χ3n) is 7.20. The highest BCUT2D eigenvalue weighted by molar-refractivity contribution is 6.04. The molecule has 0 aliphatic carbocycles. The number of benzene rings is 1. The first-order valence-electron chi connectivity index (χ1n) is 11.9. The summed E-state index contributed by atoms with van der Waals surface area (Å²) in [5, 5.41) is 7.86. The summed E-state index contributed by atoms with van der Waals surface area (Å²) in [7, 11) is 0. The molecule has 0 saturated carbocycles. The average molecular weight is 450 g/mol. The van der Waals surface area contributed by atoms with Crippen molar-refractivity contribution in [2.45, 2.75) is 64.3 Å². The maximum atomic E-state index is 12.6. The maximum absolute atomic E-state index is 12.6. The molecule has 0 amide bonds. The quantitative estimate of drug-likeness (QED) is 0.520. The summed E-state index contributed by atoms with van der Waals surface area (Å²) in [6, 6.07) is 8.94. The first-order chi connectivity index (χ1) is 15.8. The van der Waals surface area contributed by atoms with Crippen molar-refractivity contribution in [2.24, 2.45) is 5.73 Å². The van der Waals surface area contributed by atoms with Crippen LogP contribution in [0.5, 0.6) is 0 Å². The van der Waals surface area contributed by atoms with Crippen LogP contribution in [0.4, 0.5) is 5.69 Å². The lowest BCUT2D eigenvalue weighted by atomic mass is 9.80. The van der Waals surface area contributed by atoms with Gasteiger partial charge in [-0.1, -0.05) is 45.0 Å². The zero-order valence-electron chi connectivity index (χ0n) is 20.1. The Morgan fingerprint density at radius 2 is 1.88 bits per heavy atom. The molecule has 1 aliphatic rings. The van der Waals surface area contributed by atoms with Crippen LogP contribution in [0.1, 0.15) is 68.4 Å². The lowest BCUT2D eigenvalue weighted by Crippen LogP contribution is -2.52. The van der Waals surface area contributed by atoms with Crippen molar-refractivity contribution in [3.63, 3.8) is 0 Å². The van der Waals surface area contributed by atoms with Gasteiger partial charge >= 0.3 is 5.97 Å². The molecule has 0 bridgehead atoms. The highest BCUT2D eigenvalue weighted by Gasteiger charge is 2.33. The van der Waals surface area contributed by atoms with Crippen LogP contribution in [0.25, 0.3) is 11.0 Å². The van der Waals surface area contributed by atoms with Crippen molar-refractivity contribution in [3.05, 3.63) is 53.3 Å². The number of H-pyrrole nitrogens is 1. The predicted molar refractivity (Wildman–Crippen MR) is 132 cm³/mol. The van der Waals surface area contributed by atoms with E-state index in [4.69, 9.17) is 10.5 Å². The van der Waals surface area contributed by atoms with Gasteiger partial charge in [0.1, 0.15) is 5.56 Å². The summed E-state index contributed by atoms with van der Waals surface area (Å²) in [5.41, 5.74) is 11.4. The number of nitrogens with two attached hydrogens (primary N) is 1. The van der Waals surface area contributed by atoms with Gasteiger partial charge in [-0.25, -0.2) is 9.78 Å². The van der Waals surface area contributed by atoms with Crippen molar-refractivity contribution in [2.75, 3.05) is 24.6 Å². The molecule has 4 rings (SSSR count). The summed E-state index contributed by atoms with van der Waals surface area (Å²) in [6.45, 7) is 10.4. The molecule has 1 saturated heterocycles. The van der Waals surface area contributed by atoms with Crippen LogP contribution < -0.4 is 10.6 Å². The standard InChI is InChI=1S/C26H35N5O2/c1-5-25(3,4)19-9-7-18(8-10-19)15-26(27)11-13-31(14-12-26)22-20-17-29-30-23(20)28-16-21(22)24(32)33-6-2/h7-10,16-17H,5-6,11-15,27H2,1-4H3,(H,28,29,30). The van der Waals surface area contributed by atoms with Gasteiger partial charge in [-0.2, -0.15) is 5.10 Å². The Morgan fingerprint density at radius 3 is 2.52 bits per heavy atom. The first kappa shape index (κ1) is 23.2. The van der Waals surface area contributed by atoms with Crippen LogP contribution in [0.15, 0.2) is 36.7 Å². The number of esters is 1. The summed E-state index contributed by atoms with van der Waals surface area (Å²) < 4.78 is 5.29. The second-order valence-corrected chi connectivity index (χ2v) is 9.83. The topological polar surface area (TPSA) is 97.1 Å². The Kier molecular flexibility index (Phi) is 6.43. The molecule has 0 radical (unpaired) electrons. The van der Waals surface area contributed by atoms with Gasteiger partial charge in [0, 0.05) is 24.8 Å². The zero-order chi connectivity index (χ0) is 23.6. The van der Waals surface area contributed by atoms with E-state index in [2.05, 4.69) is 65.1 Å². The molecule has 176 valence electrons. The number of aromatic amines is 1. The van der Waals surface area contributed by atoms with E-state index in [0.717, 1.165) is 49.8 Å². The second-order valence-electron chi connectivity index (χ2n) is 9.83. The van der Waals surface area contributed by atoms with E-state index in [1.165, 1.54) is 11.1 Å². The molecule has 3 N–H and O–H groups in total. The minimum Gasteiger partial charge on any atom is -0.462 e. The molecular weight excluding hydrogens is 414 g/mol. The number of piperidine rings is 1. The lowest BCUT2D eigenvalue weighted by molar-refractivity contribution is 0.0526. The number of fused-ring (bicyclic) bond motifs is 1. The SMILES string of the molecule is CCOC(=O)c1cnc2[nH]ncc2c1N1CCC(N)(Cc2ccc(C(C)(C)CC)cc2)CC1. The summed E-state index contributed by atoms with van der Waals surface area (Å²) in [6.07, 6.45) is 6.92. The number of nitrogens with zero attached hydrogens (tertiary/aromatic N) is 3. The van der Waals surface area contributed by atoms with E-state index in [-0.39, 0.29) is 16.9 Å². The van der Waals surface area contributed by atoms with Crippen molar-refractivity contribution in [1.82, 2.24) is 15.2 Å². The average Bonchev–Trinajstić information content (AvgIpc) is 3.28. The Labute approximate surface area is 195 Å². The van der Waals surface area contributed by atoms with Crippen LogP contribution in [0.2, 0.25) is 0 Å². The number of carbonyl (C=O) groups is 1. The normalized spacial score (nSPS) is 16.2. The molecular formula is C26H35N5O2. The Bertz CT molecular complexity index is 1110. The van der Waals surface area contributed by atoms with E-state index in [1.54, 1.807) is 19.3 Å². The molecule has 3 aromatic rings. The van der Waals surface area contributed by atoms with Crippen LogP contribution in [-0.4, -0.2) is 46.4 Å². The number of hydrogen-bond acceptors (Lipinski definition) is 6. The van der Waals surface area contributed by atoms with E-state index >= 15 is 0 Å². The van der Waals surface area contributed by atoms with E-state index in [1.807, 2.05) is 0 Å². The third-order valence-corrected chi connectivity index (χ3v) is 7.20. The lowest BCUT2D eigenvalue weighted by Gasteiger charge is -2.41. The van der Waals surface area contributed by atoms with Gasteiger partial charge in [0.15, 0.2) is 5.65 Å². The molecule has 1 aromatic carbocycles. The van der Waals surface area contributed by atoms with Crippen molar-refractivity contribution >= 4 is 22.7 Å². The molecule has 1 aliphatic heterocycles. The van der Waals surface area contributed by atoms with Crippen LogP contribution >= 0.6 is 0 Å². The molecule has 33 heavy (non-hydrogen) atoms. The van der Waals surface area contributed by atoms with Gasteiger partial charge in [-0.15, -0.1) is 0 Å². The molecule has 7 nitrogen and oxygen atoms in total. The smallest absolute Gasteiger partial charge is 0.341 e. The minimum absolute atomic E-state index is 0.184. The molecule has 1 fully saturated rings. The highest BCUT2D eigenvalue weighted by Crippen LogP contribution is 2.34. The number of ether oxygens (including phenoxy) is 1. The molecule has 0 spiro atoms. The van der Waals surface area contributed by atoms with E-state index in [9.17, 15) is 4.79 Å². The second kappa shape index (κ2) is 9.14. The summed E-state index contributed by atoms with van der Waals surface area (Å²) in [5.74, 6) is -0.359. The van der Waals surface area contributed by atoms with Crippen LogP contribution in [0.3, 0.4) is 0 Å². The minimum atomic E-state index is -0.359. The monoisotopic (exact) mass is 449 g/mol. The largest absolute Gasteiger partial charge is 0.462 e. The fourth-order valence-electron chi connectivity index (χ4n) is 4.62. The fraction of sp³-hybridized carbons (Fsp3) is 0.500. The Hall–Kier alpha value is -2.93. The zero-order valence-corrected chi connectivity index (χ0v) is 20.1. The van der Waals surface area contributed by atoms with Gasteiger partial charge in [0.2, 0.25) is 0 Å². The van der Waals surface area contributed by atoms with Crippen molar-refractivity contribution in [3.8, 4) is 0 Å². The third kappa shape index (κ3) is 4.74. The molecule has 0 atom stereocenters. The van der Waals surface area contributed by atoms with Gasteiger partial charge < -0.3 is 15.4 Å². The Balaban J connectivity index is 1.51. The van der Waals surface area contributed by atoms with Crippen LogP contribution in [-0.2, 0) is 16.6 Å². The first-order valence-corrected chi connectivity index (χ1v) is 11.9. The molecule has 7 heteroatoms. The predicted octanol–water partition coefficient (Wildman–Crippen LogP) is 4.36. The van der Waals surface area contributed by atoms with Crippen molar-refractivity contribution < 1.29 is 9.53 Å². The number of rotatable bonds is 7. The number of hydrogen-bond donors (Lipinski definition) is 2. The summed E-state index contributed by atoms with van der Waals surface area (Å²) >= 11 is 0.